The van der Waals surface area contributed by atoms with Crippen LogP contribution in [0.2, 0.25) is 0 Å². The summed E-state index contributed by atoms with van der Waals surface area (Å²) in [6, 6.07) is 2.73. The maximum atomic E-state index is 14.3. The minimum Gasteiger partial charge on any atom is -0.507 e. The number of aryl methyl sites for hydroxylation is 1. The van der Waals surface area contributed by atoms with Crippen molar-refractivity contribution in [1.29, 1.82) is 0 Å². The lowest BCUT2D eigenvalue weighted by Gasteiger charge is -2.47. The van der Waals surface area contributed by atoms with Crippen LogP contribution >= 0.6 is 0 Å². The van der Waals surface area contributed by atoms with Crippen LogP contribution in [0.4, 0.5) is 0 Å². The molecule has 0 aromatic heterocycles. The van der Waals surface area contributed by atoms with E-state index < -0.39 is 143 Å². The van der Waals surface area contributed by atoms with Crippen LogP contribution in [0.25, 0.3) is 21.6 Å². The summed E-state index contributed by atoms with van der Waals surface area (Å²) < 4.78 is 45.4. The summed E-state index contributed by atoms with van der Waals surface area (Å²) in [7, 11) is 2.81. The number of benzene rings is 3. The first-order valence-electron chi connectivity index (χ1n) is 23.6. The number of phenolic OH excluding ortho intramolecular Hbond substituents is 3. The predicted octanol–water partition coefficient (Wildman–Crippen LogP) is -0.220. The Labute approximate surface area is 422 Å². The third-order valence-corrected chi connectivity index (χ3v) is 13.1. The van der Waals surface area contributed by atoms with Gasteiger partial charge >= 0.3 is 0 Å². The fourth-order valence-corrected chi connectivity index (χ4v) is 9.39. The van der Waals surface area contributed by atoms with Crippen molar-refractivity contribution in [2.24, 2.45) is 5.11 Å². The maximum absolute atomic E-state index is 14.3. The lowest BCUT2D eigenvalue weighted by molar-refractivity contribution is -0.339. The number of fused-ring (bicyclic) bond motifs is 5. The second-order valence-corrected chi connectivity index (χ2v) is 17.9. The molecule has 0 bridgehead atoms. The zero-order chi connectivity index (χ0) is 53.7. The van der Waals surface area contributed by atoms with Gasteiger partial charge in [0.1, 0.15) is 71.8 Å². The van der Waals surface area contributed by atoms with Crippen LogP contribution in [0, 0.1) is 6.92 Å². The summed E-state index contributed by atoms with van der Waals surface area (Å²) >= 11 is 0. The molecule has 12 atom stereocenters. The number of hydrogen-bond acceptors (Lipinski definition) is 22. The van der Waals surface area contributed by atoms with Crippen molar-refractivity contribution >= 4 is 23.4 Å². The Bertz CT molecular complexity index is 2650. The largest absolute Gasteiger partial charge is 0.507 e. The number of aliphatic hydroxyl groups excluding tert-OH is 5. The maximum Gasteiger partial charge on any atom is 0.255 e. The molecule has 2 saturated heterocycles. The lowest BCUT2D eigenvalue weighted by Crippen LogP contribution is -2.65. The molecule has 4 aliphatic rings. The van der Waals surface area contributed by atoms with Crippen LogP contribution in [0.1, 0.15) is 84.9 Å². The summed E-state index contributed by atoms with van der Waals surface area (Å²) in [5.41, 5.74) is 5.04. The second kappa shape index (κ2) is 24.1. The van der Waals surface area contributed by atoms with E-state index in [0.29, 0.717) is 6.61 Å². The molecule has 74 heavy (non-hydrogen) atoms. The quantitative estimate of drug-likeness (QED) is 0.0222. The fraction of sp³-hybridized carbons (Fsp3) is 0.542. The average Bonchev–Trinajstić information content (AvgIpc) is 3.36. The Morgan fingerprint density at radius 2 is 1.47 bits per heavy atom. The Kier molecular flexibility index (Phi) is 18.1. The standard InChI is InChI=1S/C48H60N6O20/c1-19-14-26-32(39(61)29(19)46(66)53-20(2)45(65)51-6-8-68-10-12-70-13-11-69-9-7-52-54-49)31-24(17-25-33(40(31)62)36(58)23-15-22(67-5)16-27(55)30(23)35(25)57)37(59)43(26)73-48-42(64)44(34(50-4)21(3)72-48)74-47-41(63)38(60)28(56)18-71-47/h14-17,20-21,28,34,37-38,41-44,47-48,50,55-56,59-64H,6-13,18H2,1-5H3,(H,51,65)(H,53,66)/t20-,21-,28-,34+,37+,38+,41-,42-,43+,44+,47+,48+/m1/s1. The van der Waals surface area contributed by atoms with E-state index in [2.05, 4.69) is 26.0 Å². The number of nitrogens with zero attached hydrogens (tertiary/aromatic N) is 3. The molecule has 3 aromatic carbocycles. The van der Waals surface area contributed by atoms with Gasteiger partial charge < -0.3 is 94.7 Å². The summed E-state index contributed by atoms with van der Waals surface area (Å²) in [5, 5.41) is 102. The highest BCUT2D eigenvalue weighted by molar-refractivity contribution is 6.31. The summed E-state index contributed by atoms with van der Waals surface area (Å²) in [4.78, 5) is 58.4. The molecule has 2 fully saturated rings. The molecule has 7 rings (SSSR count). The number of likely N-dealkylation sites (N-methyl/N-ethyl adjacent to an activating group) is 1. The molecule has 2 aliphatic carbocycles. The minimum absolute atomic E-state index is 0.0132. The Hall–Kier alpha value is -6.07. The number of nitrogens with one attached hydrogen (secondary N) is 3. The van der Waals surface area contributed by atoms with E-state index in [1.54, 1.807) is 14.0 Å². The third-order valence-electron chi connectivity index (χ3n) is 13.1. The van der Waals surface area contributed by atoms with Crippen LogP contribution in [0.5, 0.6) is 23.0 Å². The number of azide groups is 1. The Morgan fingerprint density at radius 3 is 2.15 bits per heavy atom. The molecular weight excluding hydrogens is 981 g/mol. The highest BCUT2D eigenvalue weighted by Crippen LogP contribution is 2.57. The molecular formula is C48H60N6O20. The summed E-state index contributed by atoms with van der Waals surface area (Å²) in [6.07, 6.45) is -15.7. The van der Waals surface area contributed by atoms with Crippen LogP contribution in [-0.2, 0) is 38.0 Å². The van der Waals surface area contributed by atoms with Gasteiger partial charge in [-0.2, -0.15) is 0 Å². The number of aliphatic hydroxyl groups is 5. The van der Waals surface area contributed by atoms with Gasteiger partial charge in [0.05, 0.1) is 82.2 Å². The van der Waals surface area contributed by atoms with Gasteiger partial charge in [-0.3, -0.25) is 19.2 Å². The van der Waals surface area contributed by atoms with Gasteiger partial charge in [0.15, 0.2) is 24.1 Å². The van der Waals surface area contributed by atoms with Crippen LogP contribution in [0.3, 0.4) is 0 Å². The number of aromatic hydroxyl groups is 3. The molecule has 0 unspecified atom stereocenters. The van der Waals surface area contributed by atoms with Gasteiger partial charge in [0, 0.05) is 46.3 Å². The molecule has 0 saturated carbocycles. The van der Waals surface area contributed by atoms with Crippen molar-refractivity contribution in [2.75, 3.05) is 73.5 Å². The number of methoxy groups -OCH3 is 1. The van der Waals surface area contributed by atoms with Gasteiger partial charge in [-0.1, -0.05) is 11.2 Å². The number of rotatable bonds is 21. The van der Waals surface area contributed by atoms with Crippen molar-refractivity contribution in [3.63, 3.8) is 0 Å². The Balaban J connectivity index is 1.18. The molecule has 2 amide bonds. The van der Waals surface area contributed by atoms with Crippen LogP contribution in [0.15, 0.2) is 29.4 Å². The van der Waals surface area contributed by atoms with E-state index in [1.165, 1.54) is 33.1 Å². The van der Waals surface area contributed by atoms with Gasteiger partial charge in [-0.05, 0) is 62.2 Å². The molecule has 11 N–H and O–H groups in total. The number of amides is 2. The molecule has 2 aliphatic heterocycles. The fourth-order valence-electron chi connectivity index (χ4n) is 9.39. The average molecular weight is 1040 g/mol. The van der Waals surface area contributed by atoms with Gasteiger partial charge in [-0.15, -0.1) is 0 Å². The highest BCUT2D eigenvalue weighted by atomic mass is 16.7. The smallest absolute Gasteiger partial charge is 0.255 e. The molecule has 3 aromatic rings. The van der Waals surface area contributed by atoms with Crippen molar-refractivity contribution in [1.82, 2.24) is 16.0 Å². The first-order chi connectivity index (χ1) is 35.4. The van der Waals surface area contributed by atoms with Crippen molar-refractivity contribution in [2.45, 2.75) is 94.3 Å². The van der Waals surface area contributed by atoms with E-state index in [4.69, 9.17) is 43.4 Å². The van der Waals surface area contributed by atoms with Crippen molar-refractivity contribution < 1.29 is 97.9 Å². The number of hydrogen-bond donors (Lipinski definition) is 11. The number of carbonyl (C=O) groups excluding carboxylic acids is 4. The SMILES string of the molecule is CN[C@@H]1[C@H](O[C@@H]2OC[C@@H](O)[C@H](O)[C@H]2O)[C@@H](O)[C@H](O[C@H]2c3cc(C)c(C(=O)N[C@H](C)C(=O)NCCOCCOCCOCCN=[N+]=[N-])c(O)c3-c3c(cc4c(c3O)C(=O)c3cc(OC)cc(O)c3C4=O)[C@@H]2O)O[C@@H]1C. The van der Waals surface area contributed by atoms with E-state index in [1.807, 2.05) is 0 Å². The van der Waals surface area contributed by atoms with E-state index in [0.717, 1.165) is 12.1 Å². The highest BCUT2D eigenvalue weighted by Gasteiger charge is 2.51. The van der Waals surface area contributed by atoms with E-state index in [9.17, 15) is 60.0 Å². The van der Waals surface area contributed by atoms with Crippen LogP contribution < -0.4 is 20.7 Å². The molecule has 0 radical (unpaired) electrons. The van der Waals surface area contributed by atoms with E-state index in [-0.39, 0.29) is 85.3 Å². The summed E-state index contributed by atoms with van der Waals surface area (Å²) in [5.74, 6) is -5.75. The summed E-state index contributed by atoms with van der Waals surface area (Å²) in [6.45, 7) is 5.65. The zero-order valence-electron chi connectivity index (χ0n) is 40.9. The number of phenols is 3. The monoisotopic (exact) mass is 1040 g/mol. The second-order valence-electron chi connectivity index (χ2n) is 17.9. The van der Waals surface area contributed by atoms with Crippen molar-refractivity contribution in [3.8, 4) is 34.1 Å². The molecule has 402 valence electrons. The van der Waals surface area contributed by atoms with Gasteiger partial charge in [0.25, 0.3) is 5.91 Å². The molecule has 2 heterocycles. The van der Waals surface area contributed by atoms with Gasteiger partial charge in [-0.25, -0.2) is 0 Å². The van der Waals surface area contributed by atoms with Gasteiger partial charge in [0.2, 0.25) is 5.91 Å². The number of carbonyl (C=O) groups is 4. The number of ether oxygens (including phenoxy) is 8. The predicted molar refractivity (Wildman–Crippen MR) is 252 cm³/mol. The lowest BCUT2D eigenvalue weighted by atomic mass is 9.74. The first-order valence-corrected chi connectivity index (χ1v) is 23.6. The van der Waals surface area contributed by atoms with Crippen molar-refractivity contribution in [3.05, 3.63) is 79.2 Å². The number of ketones is 2. The minimum atomic E-state index is -1.91. The van der Waals surface area contributed by atoms with Crippen LogP contribution in [-0.4, -0.2) is 199 Å². The molecule has 26 nitrogen and oxygen atoms in total. The third kappa shape index (κ3) is 11.1. The van der Waals surface area contributed by atoms with E-state index >= 15 is 0 Å². The molecule has 26 heteroatoms. The molecule has 0 spiro atoms. The Morgan fingerprint density at radius 1 is 0.824 bits per heavy atom. The zero-order valence-corrected chi connectivity index (χ0v) is 40.9. The first kappa shape index (κ1) is 55.7. The normalized spacial score (nSPS) is 26.4. The topological polar surface area (TPSA) is 389 Å².